The molecule has 0 saturated heterocycles. The molecule has 4 heteroatoms. The molecule has 0 radical (unpaired) electrons. The normalized spacial score (nSPS) is 29.4. The molecule has 1 heterocycles. The predicted octanol–water partition coefficient (Wildman–Crippen LogP) is 5.43. The van der Waals surface area contributed by atoms with Crippen molar-refractivity contribution in [3.8, 4) is 0 Å². The van der Waals surface area contributed by atoms with Crippen molar-refractivity contribution in [2.45, 2.75) is 44.5 Å². The Morgan fingerprint density at radius 3 is 2.86 bits per heavy atom. The molecule has 2 bridgehead atoms. The lowest BCUT2D eigenvalue weighted by Gasteiger charge is -2.30. The summed E-state index contributed by atoms with van der Waals surface area (Å²) in [5, 5.41) is 0.720. The summed E-state index contributed by atoms with van der Waals surface area (Å²) in [5.74, 6) is 4.01. The van der Waals surface area contributed by atoms with Crippen LogP contribution in [0, 0.1) is 17.8 Å². The monoisotopic (exact) mass is 322 g/mol. The van der Waals surface area contributed by atoms with Gasteiger partial charge in [-0.3, -0.25) is 0 Å². The van der Waals surface area contributed by atoms with E-state index in [1.165, 1.54) is 25.7 Å². The topological polar surface area (TPSA) is 17.8 Å². The average molecular weight is 323 g/mol. The van der Waals surface area contributed by atoms with Crippen LogP contribution in [0.4, 0.5) is 0 Å². The molecule has 2 aliphatic rings. The van der Waals surface area contributed by atoms with Crippen LogP contribution < -0.4 is 0 Å². The van der Waals surface area contributed by atoms with Gasteiger partial charge in [0.25, 0.3) is 0 Å². The van der Waals surface area contributed by atoms with Crippen molar-refractivity contribution < 1.29 is 0 Å². The minimum atomic E-state index is 0.441. The summed E-state index contributed by atoms with van der Waals surface area (Å²) in [7, 11) is 0. The number of nitrogens with zero attached hydrogens (tertiary/aromatic N) is 2. The van der Waals surface area contributed by atoms with Crippen molar-refractivity contribution in [2.75, 3.05) is 0 Å². The number of fused-ring (bicyclic) bond motifs is 3. The molecule has 1 aromatic carbocycles. The van der Waals surface area contributed by atoms with Gasteiger partial charge in [0.2, 0.25) is 0 Å². The SMILES string of the molecule is CC(C1CC2CCC1C2)n1c(CCl)nc2c(Cl)cccc21. The molecule has 2 aromatic rings. The molecule has 4 unspecified atom stereocenters. The largest absolute Gasteiger partial charge is 0.324 e. The second-order valence-electron chi connectivity index (χ2n) is 6.72. The summed E-state index contributed by atoms with van der Waals surface area (Å²) in [6.07, 6.45) is 5.64. The van der Waals surface area contributed by atoms with Crippen molar-refractivity contribution >= 4 is 34.2 Å². The zero-order chi connectivity index (χ0) is 14.6. The fourth-order valence-electron chi connectivity index (χ4n) is 4.76. The van der Waals surface area contributed by atoms with Crippen molar-refractivity contribution in [1.29, 1.82) is 0 Å². The maximum absolute atomic E-state index is 6.31. The Bertz CT molecular complexity index is 679. The van der Waals surface area contributed by atoms with Crippen LogP contribution in [0.2, 0.25) is 5.02 Å². The van der Waals surface area contributed by atoms with E-state index in [1.807, 2.05) is 12.1 Å². The Hall–Kier alpha value is -0.730. The average Bonchev–Trinajstić information content (AvgIpc) is 3.19. The van der Waals surface area contributed by atoms with Gasteiger partial charge in [-0.1, -0.05) is 24.1 Å². The van der Waals surface area contributed by atoms with Crippen LogP contribution in [0.15, 0.2) is 18.2 Å². The van der Waals surface area contributed by atoms with E-state index in [-0.39, 0.29) is 0 Å². The molecule has 112 valence electrons. The molecule has 4 rings (SSSR count). The van der Waals surface area contributed by atoms with Crippen molar-refractivity contribution in [2.24, 2.45) is 17.8 Å². The van der Waals surface area contributed by atoms with E-state index >= 15 is 0 Å². The van der Waals surface area contributed by atoms with Crippen molar-refractivity contribution in [3.05, 3.63) is 29.0 Å². The smallest absolute Gasteiger partial charge is 0.125 e. The predicted molar refractivity (Wildman–Crippen MR) is 87.9 cm³/mol. The van der Waals surface area contributed by atoms with Gasteiger partial charge in [0.1, 0.15) is 11.3 Å². The van der Waals surface area contributed by atoms with Gasteiger partial charge in [-0.25, -0.2) is 4.98 Å². The number of imidazole rings is 1. The highest BCUT2D eigenvalue weighted by Gasteiger charge is 2.42. The van der Waals surface area contributed by atoms with Gasteiger partial charge in [-0.15, -0.1) is 11.6 Å². The highest BCUT2D eigenvalue weighted by Crippen LogP contribution is 2.52. The molecule has 4 atom stereocenters. The third-order valence-corrected chi connectivity index (χ3v) is 6.23. The van der Waals surface area contributed by atoms with Crippen LogP contribution in [0.25, 0.3) is 11.0 Å². The zero-order valence-corrected chi connectivity index (χ0v) is 13.7. The third-order valence-electron chi connectivity index (χ3n) is 5.68. The number of alkyl halides is 1. The Balaban J connectivity index is 1.80. The van der Waals surface area contributed by atoms with Gasteiger partial charge in [0, 0.05) is 6.04 Å². The van der Waals surface area contributed by atoms with Gasteiger partial charge in [-0.2, -0.15) is 0 Å². The zero-order valence-electron chi connectivity index (χ0n) is 12.2. The number of halogens is 2. The molecule has 2 fully saturated rings. The first-order valence-corrected chi connectivity index (χ1v) is 8.81. The summed E-state index contributed by atoms with van der Waals surface area (Å²) >= 11 is 12.5. The lowest BCUT2D eigenvalue weighted by Crippen LogP contribution is -2.23. The van der Waals surface area contributed by atoms with Gasteiger partial charge in [0.15, 0.2) is 0 Å². The van der Waals surface area contributed by atoms with Crippen LogP contribution in [0.1, 0.15) is 44.5 Å². The van der Waals surface area contributed by atoms with E-state index in [0.717, 1.165) is 39.6 Å². The Kier molecular flexibility index (Phi) is 3.42. The highest BCUT2D eigenvalue weighted by atomic mass is 35.5. The molecule has 0 aliphatic heterocycles. The first-order chi connectivity index (χ1) is 10.2. The van der Waals surface area contributed by atoms with Crippen LogP contribution in [0.5, 0.6) is 0 Å². The summed E-state index contributed by atoms with van der Waals surface area (Å²) in [4.78, 5) is 4.68. The molecular formula is C17H20Cl2N2. The summed E-state index contributed by atoms with van der Waals surface area (Å²) in [6.45, 7) is 2.34. The number of rotatable bonds is 3. The first kappa shape index (κ1) is 13.9. The minimum Gasteiger partial charge on any atom is -0.324 e. The second kappa shape index (κ2) is 5.17. The standard InChI is InChI=1S/C17H20Cl2N2/c1-10(13-8-11-5-6-12(13)7-11)21-15-4-2-3-14(19)17(15)20-16(21)9-18/h2-4,10-13H,5-9H2,1H3. The van der Waals surface area contributed by atoms with Gasteiger partial charge in [0.05, 0.1) is 16.4 Å². The molecule has 0 N–H and O–H groups in total. The van der Waals surface area contributed by atoms with Gasteiger partial charge >= 0.3 is 0 Å². The molecule has 2 nitrogen and oxygen atoms in total. The van der Waals surface area contributed by atoms with E-state index in [1.54, 1.807) is 0 Å². The fourth-order valence-corrected chi connectivity index (χ4v) is 5.16. The van der Waals surface area contributed by atoms with Crippen molar-refractivity contribution in [3.63, 3.8) is 0 Å². The van der Waals surface area contributed by atoms with E-state index in [0.29, 0.717) is 11.9 Å². The van der Waals surface area contributed by atoms with E-state index in [9.17, 15) is 0 Å². The number of hydrogen-bond donors (Lipinski definition) is 0. The van der Waals surface area contributed by atoms with E-state index in [4.69, 9.17) is 23.2 Å². The summed E-state index contributed by atoms with van der Waals surface area (Å²) in [5.41, 5.74) is 2.03. The maximum Gasteiger partial charge on any atom is 0.125 e. The van der Waals surface area contributed by atoms with Crippen LogP contribution >= 0.6 is 23.2 Å². The molecule has 2 aliphatic carbocycles. The molecule has 21 heavy (non-hydrogen) atoms. The number of para-hydroxylation sites is 1. The maximum atomic E-state index is 6.31. The lowest BCUT2D eigenvalue weighted by molar-refractivity contribution is 0.244. The quantitative estimate of drug-likeness (QED) is 0.689. The van der Waals surface area contributed by atoms with Crippen LogP contribution in [-0.4, -0.2) is 9.55 Å². The van der Waals surface area contributed by atoms with Crippen LogP contribution in [0.3, 0.4) is 0 Å². The molecule has 1 aromatic heterocycles. The number of aromatic nitrogens is 2. The van der Waals surface area contributed by atoms with E-state index in [2.05, 4.69) is 22.5 Å². The minimum absolute atomic E-state index is 0.441. The highest BCUT2D eigenvalue weighted by molar-refractivity contribution is 6.35. The molecule has 2 saturated carbocycles. The van der Waals surface area contributed by atoms with Gasteiger partial charge < -0.3 is 4.57 Å². The number of hydrogen-bond acceptors (Lipinski definition) is 1. The lowest BCUT2D eigenvalue weighted by atomic mass is 9.83. The molecule has 0 amide bonds. The molecule has 0 spiro atoms. The Morgan fingerprint density at radius 2 is 2.19 bits per heavy atom. The second-order valence-corrected chi connectivity index (χ2v) is 7.39. The van der Waals surface area contributed by atoms with Crippen LogP contribution in [-0.2, 0) is 5.88 Å². The van der Waals surface area contributed by atoms with Crippen molar-refractivity contribution in [1.82, 2.24) is 9.55 Å². The van der Waals surface area contributed by atoms with E-state index < -0.39 is 0 Å². The fraction of sp³-hybridized carbons (Fsp3) is 0.588. The first-order valence-electron chi connectivity index (χ1n) is 7.90. The third kappa shape index (κ3) is 2.10. The number of benzene rings is 1. The van der Waals surface area contributed by atoms with Gasteiger partial charge in [-0.05, 0) is 56.1 Å². The summed E-state index contributed by atoms with van der Waals surface area (Å²) in [6, 6.07) is 6.49. The molecular weight excluding hydrogens is 303 g/mol. The summed E-state index contributed by atoms with van der Waals surface area (Å²) < 4.78 is 2.35. The Labute approximate surface area is 135 Å². The Morgan fingerprint density at radius 1 is 1.33 bits per heavy atom.